The average molecular weight is 319 g/mol. The lowest BCUT2D eigenvalue weighted by atomic mass is 10.3. The van der Waals surface area contributed by atoms with E-state index in [0.717, 1.165) is 6.54 Å². The SMILES string of the molecule is CCn1cc(O[C@@H]2CN(C(=O)c3nccn3CC)C[C@H]2O)cn1. The fraction of sp³-hybridized carbons (Fsp3) is 0.533. The molecule has 23 heavy (non-hydrogen) atoms. The highest BCUT2D eigenvalue weighted by Crippen LogP contribution is 2.20. The number of aliphatic hydroxyl groups is 1. The topological polar surface area (TPSA) is 85.4 Å². The Hall–Kier alpha value is -2.35. The summed E-state index contributed by atoms with van der Waals surface area (Å²) < 4.78 is 9.30. The van der Waals surface area contributed by atoms with Crippen molar-refractivity contribution in [2.45, 2.75) is 39.1 Å². The molecule has 0 unspecified atom stereocenters. The third-order valence-electron chi connectivity index (χ3n) is 3.99. The number of aryl methyl sites for hydroxylation is 2. The van der Waals surface area contributed by atoms with Crippen LogP contribution in [0, 0.1) is 0 Å². The van der Waals surface area contributed by atoms with E-state index < -0.39 is 12.2 Å². The first-order valence-corrected chi connectivity index (χ1v) is 7.80. The molecule has 2 aromatic heterocycles. The van der Waals surface area contributed by atoms with E-state index >= 15 is 0 Å². The molecule has 8 nitrogen and oxygen atoms in total. The number of amides is 1. The predicted octanol–water partition coefficient (Wildman–Crippen LogP) is 0.384. The Bertz CT molecular complexity index is 680. The summed E-state index contributed by atoms with van der Waals surface area (Å²) in [6, 6.07) is 0. The molecule has 0 spiro atoms. The molecule has 0 aliphatic carbocycles. The Balaban J connectivity index is 1.67. The number of aromatic nitrogens is 4. The minimum Gasteiger partial charge on any atom is -0.482 e. The van der Waals surface area contributed by atoms with Gasteiger partial charge < -0.3 is 19.3 Å². The van der Waals surface area contributed by atoms with Crippen LogP contribution in [0.4, 0.5) is 0 Å². The van der Waals surface area contributed by atoms with Crippen LogP contribution in [0.1, 0.15) is 24.5 Å². The molecule has 1 fully saturated rings. The molecule has 1 N–H and O–H groups in total. The number of carbonyl (C=O) groups excluding carboxylic acids is 1. The first-order valence-electron chi connectivity index (χ1n) is 7.80. The van der Waals surface area contributed by atoms with Crippen LogP contribution in [0.25, 0.3) is 0 Å². The highest BCUT2D eigenvalue weighted by atomic mass is 16.5. The number of hydrogen-bond acceptors (Lipinski definition) is 5. The molecule has 8 heteroatoms. The van der Waals surface area contributed by atoms with E-state index in [1.54, 1.807) is 38.9 Å². The molecule has 3 rings (SSSR count). The van der Waals surface area contributed by atoms with Gasteiger partial charge in [0.2, 0.25) is 0 Å². The highest BCUT2D eigenvalue weighted by Gasteiger charge is 2.37. The van der Waals surface area contributed by atoms with Gasteiger partial charge in [0.15, 0.2) is 11.6 Å². The van der Waals surface area contributed by atoms with Crippen molar-refractivity contribution in [2.75, 3.05) is 13.1 Å². The van der Waals surface area contributed by atoms with Crippen LogP contribution in [-0.2, 0) is 13.1 Å². The summed E-state index contributed by atoms with van der Waals surface area (Å²) in [6.07, 6.45) is 5.58. The van der Waals surface area contributed by atoms with E-state index in [4.69, 9.17) is 4.74 Å². The number of hydrogen-bond donors (Lipinski definition) is 1. The second-order valence-corrected chi connectivity index (χ2v) is 5.50. The lowest BCUT2D eigenvalue weighted by Crippen LogP contribution is -2.32. The molecule has 0 aromatic carbocycles. The fourth-order valence-corrected chi connectivity index (χ4v) is 2.70. The first kappa shape index (κ1) is 15.5. The Kier molecular flexibility index (Phi) is 4.33. The van der Waals surface area contributed by atoms with Gasteiger partial charge in [0.05, 0.1) is 25.5 Å². The van der Waals surface area contributed by atoms with Crippen LogP contribution in [0.5, 0.6) is 5.75 Å². The lowest BCUT2D eigenvalue weighted by molar-refractivity contribution is 0.0725. The van der Waals surface area contributed by atoms with Crippen molar-refractivity contribution in [2.24, 2.45) is 0 Å². The maximum absolute atomic E-state index is 12.5. The molecule has 1 saturated heterocycles. The molecule has 2 atom stereocenters. The Morgan fingerprint density at radius 1 is 1.39 bits per heavy atom. The van der Waals surface area contributed by atoms with Gasteiger partial charge in [0.1, 0.15) is 12.2 Å². The van der Waals surface area contributed by atoms with Crippen molar-refractivity contribution in [1.29, 1.82) is 0 Å². The van der Waals surface area contributed by atoms with Crippen molar-refractivity contribution < 1.29 is 14.6 Å². The van der Waals surface area contributed by atoms with E-state index in [0.29, 0.717) is 24.7 Å². The van der Waals surface area contributed by atoms with Gasteiger partial charge in [-0.1, -0.05) is 0 Å². The fourth-order valence-electron chi connectivity index (χ4n) is 2.70. The van der Waals surface area contributed by atoms with E-state index in [1.807, 2.05) is 13.8 Å². The van der Waals surface area contributed by atoms with Crippen LogP contribution in [0.3, 0.4) is 0 Å². The normalized spacial score (nSPS) is 20.9. The van der Waals surface area contributed by atoms with Crippen LogP contribution in [0.15, 0.2) is 24.8 Å². The van der Waals surface area contributed by atoms with Crippen molar-refractivity contribution >= 4 is 5.91 Å². The monoisotopic (exact) mass is 319 g/mol. The van der Waals surface area contributed by atoms with Gasteiger partial charge in [-0.3, -0.25) is 9.48 Å². The molecule has 1 aliphatic rings. The van der Waals surface area contributed by atoms with Crippen molar-refractivity contribution in [1.82, 2.24) is 24.2 Å². The molecule has 1 amide bonds. The van der Waals surface area contributed by atoms with Crippen molar-refractivity contribution in [3.63, 3.8) is 0 Å². The molecule has 0 bridgehead atoms. The lowest BCUT2D eigenvalue weighted by Gasteiger charge is -2.16. The van der Waals surface area contributed by atoms with Crippen LogP contribution < -0.4 is 4.74 Å². The average Bonchev–Trinajstić information content (AvgIpc) is 3.27. The Morgan fingerprint density at radius 2 is 2.22 bits per heavy atom. The Morgan fingerprint density at radius 3 is 2.91 bits per heavy atom. The van der Waals surface area contributed by atoms with Gasteiger partial charge in [-0.25, -0.2) is 4.98 Å². The van der Waals surface area contributed by atoms with Crippen LogP contribution >= 0.6 is 0 Å². The van der Waals surface area contributed by atoms with Gasteiger partial charge in [-0.15, -0.1) is 0 Å². The van der Waals surface area contributed by atoms with Crippen molar-refractivity contribution in [3.8, 4) is 5.75 Å². The summed E-state index contributed by atoms with van der Waals surface area (Å²) >= 11 is 0. The second kappa shape index (κ2) is 6.41. The molecule has 0 saturated carbocycles. The second-order valence-electron chi connectivity index (χ2n) is 5.50. The largest absolute Gasteiger partial charge is 0.482 e. The maximum atomic E-state index is 12.5. The van der Waals surface area contributed by atoms with E-state index in [1.165, 1.54) is 0 Å². The zero-order valence-corrected chi connectivity index (χ0v) is 13.3. The van der Waals surface area contributed by atoms with Crippen LogP contribution in [0.2, 0.25) is 0 Å². The summed E-state index contributed by atoms with van der Waals surface area (Å²) in [4.78, 5) is 18.2. The number of ether oxygens (including phenoxy) is 1. The standard InChI is InChI=1S/C15H21N5O3/c1-3-18-6-5-16-14(18)15(22)19-9-12(21)13(10-19)23-11-7-17-20(4-2)8-11/h5-8,12-13,21H,3-4,9-10H2,1-2H3/t12-,13-/m1/s1. The summed E-state index contributed by atoms with van der Waals surface area (Å²) in [6.45, 7) is 5.93. The molecular formula is C15H21N5O3. The number of likely N-dealkylation sites (tertiary alicyclic amines) is 1. The van der Waals surface area contributed by atoms with E-state index in [9.17, 15) is 9.90 Å². The van der Waals surface area contributed by atoms with Gasteiger partial charge in [0, 0.05) is 25.5 Å². The van der Waals surface area contributed by atoms with E-state index in [2.05, 4.69) is 10.1 Å². The molecular weight excluding hydrogens is 298 g/mol. The predicted molar refractivity (Wildman–Crippen MR) is 82.1 cm³/mol. The minimum atomic E-state index is -0.728. The zero-order valence-electron chi connectivity index (χ0n) is 13.3. The minimum absolute atomic E-state index is 0.189. The van der Waals surface area contributed by atoms with Gasteiger partial charge in [-0.2, -0.15) is 5.10 Å². The smallest absolute Gasteiger partial charge is 0.290 e. The maximum Gasteiger partial charge on any atom is 0.290 e. The van der Waals surface area contributed by atoms with Gasteiger partial charge in [-0.05, 0) is 13.8 Å². The summed E-state index contributed by atoms with van der Waals surface area (Å²) in [5.74, 6) is 0.797. The quantitative estimate of drug-likeness (QED) is 0.861. The summed E-state index contributed by atoms with van der Waals surface area (Å²) in [7, 11) is 0. The number of aliphatic hydroxyl groups excluding tert-OH is 1. The third kappa shape index (κ3) is 3.07. The molecule has 2 aromatic rings. The number of β-amino-alcohol motifs (C(OH)–C–C–N with tert-alkyl or cyclic N) is 1. The number of rotatable bonds is 5. The molecule has 1 aliphatic heterocycles. The molecule has 124 valence electrons. The Labute approximate surface area is 134 Å². The summed E-state index contributed by atoms with van der Waals surface area (Å²) in [5, 5.41) is 14.3. The molecule has 3 heterocycles. The van der Waals surface area contributed by atoms with Gasteiger partial charge >= 0.3 is 0 Å². The third-order valence-corrected chi connectivity index (χ3v) is 3.99. The summed E-state index contributed by atoms with van der Waals surface area (Å²) in [5.41, 5.74) is 0. The zero-order chi connectivity index (χ0) is 16.4. The number of carbonyl (C=O) groups is 1. The van der Waals surface area contributed by atoms with Crippen LogP contribution in [-0.4, -0.2) is 60.5 Å². The molecule has 0 radical (unpaired) electrons. The highest BCUT2D eigenvalue weighted by molar-refractivity contribution is 5.91. The number of nitrogens with zero attached hydrogens (tertiary/aromatic N) is 5. The van der Waals surface area contributed by atoms with E-state index in [-0.39, 0.29) is 12.5 Å². The van der Waals surface area contributed by atoms with Crippen molar-refractivity contribution in [3.05, 3.63) is 30.6 Å². The first-order chi connectivity index (χ1) is 11.1. The van der Waals surface area contributed by atoms with Gasteiger partial charge in [0.25, 0.3) is 5.91 Å². The number of imidazole rings is 1.